The van der Waals surface area contributed by atoms with Crippen molar-refractivity contribution < 1.29 is 4.74 Å². The van der Waals surface area contributed by atoms with E-state index in [2.05, 4.69) is 52.1 Å². The molecule has 0 saturated carbocycles. The Labute approximate surface area is 127 Å². The normalized spacial score (nSPS) is 25.6. The van der Waals surface area contributed by atoms with Gasteiger partial charge in [0, 0.05) is 17.0 Å². The maximum Gasteiger partial charge on any atom is 0.0681 e. The molecule has 1 N–H and O–H groups in total. The van der Waals surface area contributed by atoms with Gasteiger partial charge in [0.15, 0.2) is 0 Å². The topological polar surface area (TPSA) is 21.3 Å². The highest BCUT2D eigenvalue weighted by Crippen LogP contribution is 2.48. The summed E-state index contributed by atoms with van der Waals surface area (Å²) in [5, 5.41) is 4.44. The fraction of sp³-hybridized carbons (Fsp3) is 0.647. The zero-order chi connectivity index (χ0) is 15.0. The number of hydrogen-bond acceptors (Lipinski definition) is 2. The summed E-state index contributed by atoms with van der Waals surface area (Å²) in [6.07, 6.45) is 1.03. The second-order valence-corrected chi connectivity index (χ2v) is 7.24. The summed E-state index contributed by atoms with van der Waals surface area (Å²) >= 11 is 6.42. The van der Waals surface area contributed by atoms with Gasteiger partial charge in [0.2, 0.25) is 0 Å². The molecule has 0 radical (unpaired) electrons. The number of nitrogens with one attached hydrogen (secondary N) is 1. The third-order valence-corrected chi connectivity index (χ3v) is 4.55. The van der Waals surface area contributed by atoms with Crippen molar-refractivity contribution in [2.24, 2.45) is 5.92 Å². The smallest absolute Gasteiger partial charge is 0.0681 e. The molecular weight excluding hydrogens is 270 g/mol. The average molecular weight is 296 g/mol. The predicted octanol–water partition coefficient (Wildman–Crippen LogP) is 4.58. The Morgan fingerprint density at radius 2 is 1.95 bits per heavy atom. The van der Waals surface area contributed by atoms with Gasteiger partial charge >= 0.3 is 0 Å². The zero-order valence-corrected chi connectivity index (χ0v) is 13.9. The van der Waals surface area contributed by atoms with Gasteiger partial charge in [0.1, 0.15) is 0 Å². The van der Waals surface area contributed by atoms with Crippen molar-refractivity contribution in [2.45, 2.75) is 58.3 Å². The van der Waals surface area contributed by atoms with Crippen LogP contribution in [0.15, 0.2) is 24.3 Å². The molecule has 1 aliphatic heterocycles. The number of ether oxygens (including phenoxy) is 1. The first-order valence-electron chi connectivity index (χ1n) is 7.45. The van der Waals surface area contributed by atoms with Crippen molar-refractivity contribution in [1.82, 2.24) is 5.32 Å². The molecule has 112 valence electrons. The standard InChI is InChI=1S/C17H26ClNO/c1-6-19-15(12-9-7-8-10-14(12)18)13-11-16(2,3)20-17(13,4)5/h7-10,13,15,19H,6,11H2,1-5H3. The average Bonchev–Trinajstić information content (AvgIpc) is 2.55. The molecule has 0 aliphatic carbocycles. The Bertz CT molecular complexity index is 470. The van der Waals surface area contributed by atoms with Crippen molar-refractivity contribution in [3.05, 3.63) is 34.9 Å². The Balaban J connectivity index is 2.37. The van der Waals surface area contributed by atoms with Crippen molar-refractivity contribution in [3.63, 3.8) is 0 Å². The fourth-order valence-corrected chi connectivity index (χ4v) is 3.79. The second kappa shape index (κ2) is 5.67. The number of hydrogen-bond donors (Lipinski definition) is 1. The molecule has 2 nitrogen and oxygen atoms in total. The minimum atomic E-state index is -0.157. The maximum absolute atomic E-state index is 6.42. The molecule has 1 saturated heterocycles. The third-order valence-electron chi connectivity index (χ3n) is 4.21. The lowest BCUT2D eigenvalue weighted by Gasteiger charge is -2.34. The van der Waals surface area contributed by atoms with Crippen LogP contribution in [0.5, 0.6) is 0 Å². The second-order valence-electron chi connectivity index (χ2n) is 6.83. The van der Waals surface area contributed by atoms with Crippen LogP contribution in [0, 0.1) is 5.92 Å². The SMILES string of the molecule is CCNC(c1ccccc1Cl)C1CC(C)(C)OC1(C)C. The predicted molar refractivity (Wildman–Crippen MR) is 85.2 cm³/mol. The van der Waals surface area contributed by atoms with E-state index < -0.39 is 0 Å². The molecule has 1 heterocycles. The molecule has 1 fully saturated rings. The maximum atomic E-state index is 6.42. The highest BCUT2D eigenvalue weighted by Gasteiger charge is 2.49. The van der Waals surface area contributed by atoms with Crippen LogP contribution >= 0.6 is 11.6 Å². The first-order valence-corrected chi connectivity index (χ1v) is 7.82. The Morgan fingerprint density at radius 3 is 2.45 bits per heavy atom. The molecule has 1 aromatic rings. The van der Waals surface area contributed by atoms with Crippen molar-refractivity contribution in [3.8, 4) is 0 Å². The van der Waals surface area contributed by atoms with Crippen LogP contribution in [-0.4, -0.2) is 17.7 Å². The van der Waals surface area contributed by atoms with Gasteiger partial charge in [-0.2, -0.15) is 0 Å². The van der Waals surface area contributed by atoms with Crippen molar-refractivity contribution in [1.29, 1.82) is 0 Å². The molecule has 0 spiro atoms. The van der Waals surface area contributed by atoms with Gasteiger partial charge in [-0.1, -0.05) is 36.7 Å². The van der Waals surface area contributed by atoms with E-state index in [-0.39, 0.29) is 17.2 Å². The van der Waals surface area contributed by atoms with E-state index in [1.807, 2.05) is 12.1 Å². The van der Waals surface area contributed by atoms with Crippen molar-refractivity contribution >= 4 is 11.6 Å². The van der Waals surface area contributed by atoms with E-state index in [0.29, 0.717) is 5.92 Å². The van der Waals surface area contributed by atoms with Gasteiger partial charge in [0.25, 0.3) is 0 Å². The highest BCUT2D eigenvalue weighted by molar-refractivity contribution is 6.31. The summed E-state index contributed by atoms with van der Waals surface area (Å²) in [6.45, 7) is 11.8. The fourth-order valence-electron chi connectivity index (χ4n) is 3.54. The molecule has 2 atom stereocenters. The van der Waals surface area contributed by atoms with E-state index in [9.17, 15) is 0 Å². The highest BCUT2D eigenvalue weighted by atomic mass is 35.5. The molecule has 0 aromatic heterocycles. The van der Waals surface area contributed by atoms with Gasteiger partial charge in [-0.15, -0.1) is 0 Å². The lowest BCUT2D eigenvalue weighted by Crippen LogP contribution is -2.38. The summed E-state index contributed by atoms with van der Waals surface area (Å²) in [5.41, 5.74) is 0.939. The Kier molecular flexibility index (Phi) is 4.48. The van der Waals surface area contributed by atoms with E-state index in [1.165, 1.54) is 5.56 Å². The monoisotopic (exact) mass is 295 g/mol. The van der Waals surface area contributed by atoms with Crippen LogP contribution in [0.1, 0.15) is 52.6 Å². The summed E-state index contributed by atoms with van der Waals surface area (Å²) in [6, 6.07) is 8.35. The van der Waals surface area contributed by atoms with Gasteiger partial charge in [-0.3, -0.25) is 0 Å². The zero-order valence-electron chi connectivity index (χ0n) is 13.2. The number of benzene rings is 1. The number of rotatable bonds is 4. The van der Waals surface area contributed by atoms with E-state index in [4.69, 9.17) is 16.3 Å². The van der Waals surface area contributed by atoms with Crippen LogP contribution in [0.2, 0.25) is 5.02 Å². The molecule has 1 aromatic carbocycles. The Hall–Kier alpha value is -0.570. The minimum Gasteiger partial charge on any atom is -0.369 e. The quantitative estimate of drug-likeness (QED) is 0.877. The summed E-state index contributed by atoms with van der Waals surface area (Å²) in [5.74, 6) is 0.400. The summed E-state index contributed by atoms with van der Waals surface area (Å²) in [7, 11) is 0. The first-order chi connectivity index (χ1) is 9.27. The van der Waals surface area contributed by atoms with E-state index in [1.54, 1.807) is 0 Å². The third kappa shape index (κ3) is 3.19. The van der Waals surface area contributed by atoms with E-state index in [0.717, 1.165) is 18.0 Å². The minimum absolute atomic E-state index is 0.0803. The molecule has 3 heteroatoms. The molecule has 0 amide bonds. The van der Waals surface area contributed by atoms with Gasteiger partial charge in [-0.25, -0.2) is 0 Å². The molecular formula is C17H26ClNO. The molecule has 0 bridgehead atoms. The molecule has 2 unspecified atom stereocenters. The molecule has 1 aliphatic rings. The van der Waals surface area contributed by atoms with Crippen LogP contribution in [-0.2, 0) is 4.74 Å². The lowest BCUT2D eigenvalue weighted by atomic mass is 9.79. The largest absolute Gasteiger partial charge is 0.369 e. The van der Waals surface area contributed by atoms with E-state index >= 15 is 0 Å². The molecule has 2 rings (SSSR count). The number of halogens is 1. The van der Waals surface area contributed by atoms with Crippen LogP contribution in [0.25, 0.3) is 0 Å². The Morgan fingerprint density at radius 1 is 1.30 bits per heavy atom. The first kappa shape index (κ1) is 15.8. The van der Waals surface area contributed by atoms with Crippen molar-refractivity contribution in [2.75, 3.05) is 6.54 Å². The summed E-state index contributed by atoms with van der Waals surface area (Å²) < 4.78 is 6.25. The van der Waals surface area contributed by atoms with Crippen LogP contribution < -0.4 is 5.32 Å². The van der Waals surface area contributed by atoms with Crippen LogP contribution in [0.4, 0.5) is 0 Å². The van der Waals surface area contributed by atoms with Gasteiger partial charge in [0.05, 0.1) is 11.2 Å². The van der Waals surface area contributed by atoms with Crippen LogP contribution in [0.3, 0.4) is 0 Å². The van der Waals surface area contributed by atoms with Gasteiger partial charge < -0.3 is 10.1 Å². The lowest BCUT2D eigenvalue weighted by molar-refractivity contribution is -0.0778. The van der Waals surface area contributed by atoms with Gasteiger partial charge in [-0.05, 0) is 52.3 Å². The summed E-state index contributed by atoms with van der Waals surface area (Å²) in [4.78, 5) is 0. The molecule has 20 heavy (non-hydrogen) atoms.